The molecule has 0 atom stereocenters. The summed E-state index contributed by atoms with van der Waals surface area (Å²) < 4.78 is 0. The molecule has 2 nitrogen and oxygen atoms in total. The molecule has 0 aliphatic heterocycles. The Morgan fingerprint density at radius 3 is 1.73 bits per heavy atom. The number of hydrogen-bond donors (Lipinski definition) is 0. The minimum Gasteiger partial charge on any atom is -0.299 e. The van der Waals surface area contributed by atoms with E-state index < -0.39 is 0 Å². The lowest BCUT2D eigenvalue weighted by Gasteiger charge is -2.26. The summed E-state index contributed by atoms with van der Waals surface area (Å²) in [6.07, 6.45) is 1.31. The van der Waals surface area contributed by atoms with Gasteiger partial charge in [-0.25, -0.2) is 0 Å². The van der Waals surface area contributed by atoms with E-state index in [0.717, 1.165) is 0 Å². The Bertz CT molecular complexity index is 167. The highest BCUT2D eigenvalue weighted by Crippen LogP contribution is 2.30. The molecule has 1 aliphatic carbocycles. The SMILES string of the molecule is CC1(C)CC(=O)CC(=O)C1.Cl. The monoisotopic (exact) mass is 176 g/mol. The fourth-order valence-electron chi connectivity index (χ4n) is 1.47. The third kappa shape index (κ3) is 3.02. The van der Waals surface area contributed by atoms with E-state index in [1.807, 2.05) is 13.8 Å². The zero-order valence-electron chi connectivity index (χ0n) is 6.85. The van der Waals surface area contributed by atoms with Gasteiger partial charge in [-0.15, -0.1) is 12.4 Å². The first-order valence-corrected chi connectivity index (χ1v) is 3.53. The van der Waals surface area contributed by atoms with E-state index in [9.17, 15) is 9.59 Å². The van der Waals surface area contributed by atoms with E-state index in [0.29, 0.717) is 12.8 Å². The van der Waals surface area contributed by atoms with Crippen LogP contribution in [-0.2, 0) is 9.59 Å². The van der Waals surface area contributed by atoms with Crippen molar-refractivity contribution in [2.45, 2.75) is 33.1 Å². The Morgan fingerprint density at radius 2 is 1.45 bits per heavy atom. The standard InChI is InChI=1S/C8H12O2.ClH/c1-8(2)4-6(9)3-7(10)5-8;/h3-5H2,1-2H3;1H. The number of rotatable bonds is 0. The zero-order chi connectivity index (χ0) is 7.78. The van der Waals surface area contributed by atoms with E-state index in [2.05, 4.69) is 0 Å². The first kappa shape index (κ1) is 10.6. The summed E-state index contributed by atoms with van der Waals surface area (Å²) in [5, 5.41) is 0. The van der Waals surface area contributed by atoms with Gasteiger partial charge >= 0.3 is 0 Å². The van der Waals surface area contributed by atoms with Gasteiger partial charge in [0.05, 0.1) is 6.42 Å². The van der Waals surface area contributed by atoms with E-state index in [4.69, 9.17) is 0 Å². The smallest absolute Gasteiger partial charge is 0.140 e. The van der Waals surface area contributed by atoms with Crippen LogP contribution in [0.15, 0.2) is 0 Å². The Hall–Kier alpha value is -0.370. The summed E-state index contributed by atoms with van der Waals surface area (Å²) in [7, 11) is 0. The van der Waals surface area contributed by atoms with Crippen LogP contribution in [0.4, 0.5) is 0 Å². The summed E-state index contributed by atoms with van der Waals surface area (Å²) in [6, 6.07) is 0. The van der Waals surface area contributed by atoms with Gasteiger partial charge in [0.2, 0.25) is 0 Å². The van der Waals surface area contributed by atoms with Crippen molar-refractivity contribution in [3.63, 3.8) is 0 Å². The fraction of sp³-hybridized carbons (Fsp3) is 0.750. The van der Waals surface area contributed by atoms with Crippen LogP contribution in [0.1, 0.15) is 33.1 Å². The van der Waals surface area contributed by atoms with Crippen LogP contribution in [0.2, 0.25) is 0 Å². The molecule has 0 spiro atoms. The molecule has 1 saturated carbocycles. The summed E-state index contributed by atoms with van der Waals surface area (Å²) in [5.41, 5.74) is -0.0770. The molecule has 1 aliphatic rings. The van der Waals surface area contributed by atoms with Crippen molar-refractivity contribution in [1.82, 2.24) is 0 Å². The van der Waals surface area contributed by atoms with Crippen molar-refractivity contribution in [3.05, 3.63) is 0 Å². The van der Waals surface area contributed by atoms with Gasteiger partial charge in [-0.1, -0.05) is 13.8 Å². The maximum atomic E-state index is 10.9. The molecule has 0 unspecified atom stereocenters. The van der Waals surface area contributed by atoms with E-state index in [1.54, 1.807) is 0 Å². The van der Waals surface area contributed by atoms with Crippen LogP contribution in [0.5, 0.6) is 0 Å². The molecule has 0 saturated heterocycles. The van der Waals surface area contributed by atoms with Gasteiger partial charge in [-0.05, 0) is 5.41 Å². The molecule has 0 heterocycles. The first-order valence-electron chi connectivity index (χ1n) is 3.53. The average Bonchev–Trinajstić information content (AvgIpc) is 1.54. The Morgan fingerprint density at radius 1 is 1.09 bits per heavy atom. The van der Waals surface area contributed by atoms with E-state index >= 15 is 0 Å². The van der Waals surface area contributed by atoms with Gasteiger partial charge in [-0.3, -0.25) is 9.59 Å². The molecule has 1 fully saturated rings. The minimum absolute atomic E-state index is 0. The molecule has 0 aromatic rings. The van der Waals surface area contributed by atoms with E-state index in [-0.39, 0.29) is 35.8 Å². The third-order valence-corrected chi connectivity index (χ3v) is 1.75. The number of hydrogen-bond acceptors (Lipinski definition) is 2. The van der Waals surface area contributed by atoms with Gasteiger partial charge in [-0.2, -0.15) is 0 Å². The van der Waals surface area contributed by atoms with Crippen molar-refractivity contribution in [3.8, 4) is 0 Å². The molecule has 64 valence electrons. The van der Waals surface area contributed by atoms with Crippen molar-refractivity contribution >= 4 is 24.0 Å². The Labute approximate surface area is 72.8 Å². The molecule has 0 bridgehead atoms. The highest BCUT2D eigenvalue weighted by atomic mass is 35.5. The number of halogens is 1. The number of carbonyl (C=O) groups excluding carboxylic acids is 2. The van der Waals surface area contributed by atoms with Crippen LogP contribution in [0.3, 0.4) is 0 Å². The second-order valence-electron chi connectivity index (χ2n) is 3.77. The van der Waals surface area contributed by atoms with Crippen LogP contribution in [0, 0.1) is 5.41 Å². The Kier molecular flexibility index (Phi) is 3.24. The minimum atomic E-state index is -0.0770. The Balaban J connectivity index is 0.000001000. The van der Waals surface area contributed by atoms with Crippen LogP contribution in [-0.4, -0.2) is 11.6 Å². The zero-order valence-corrected chi connectivity index (χ0v) is 7.66. The molecule has 0 N–H and O–H groups in total. The van der Waals surface area contributed by atoms with Crippen molar-refractivity contribution in [2.75, 3.05) is 0 Å². The largest absolute Gasteiger partial charge is 0.299 e. The predicted molar refractivity (Wildman–Crippen MR) is 44.9 cm³/mol. The first-order chi connectivity index (χ1) is 4.49. The number of ketones is 2. The molecule has 1 rings (SSSR count). The fourth-order valence-corrected chi connectivity index (χ4v) is 1.47. The normalized spacial score (nSPS) is 22.7. The van der Waals surface area contributed by atoms with E-state index in [1.165, 1.54) is 0 Å². The van der Waals surface area contributed by atoms with Gasteiger partial charge in [0.1, 0.15) is 11.6 Å². The topological polar surface area (TPSA) is 34.1 Å². The second kappa shape index (κ2) is 3.35. The summed E-state index contributed by atoms with van der Waals surface area (Å²) >= 11 is 0. The number of carbonyl (C=O) groups is 2. The second-order valence-corrected chi connectivity index (χ2v) is 3.77. The molecule has 0 amide bonds. The van der Waals surface area contributed by atoms with Gasteiger partial charge in [0.15, 0.2) is 0 Å². The molecule has 11 heavy (non-hydrogen) atoms. The van der Waals surface area contributed by atoms with Gasteiger partial charge < -0.3 is 0 Å². The lowest BCUT2D eigenvalue weighted by molar-refractivity contribution is -0.133. The number of Topliss-reactive ketones (excluding diaryl/α,β-unsaturated/α-hetero) is 2. The van der Waals surface area contributed by atoms with Gasteiger partial charge in [0.25, 0.3) is 0 Å². The van der Waals surface area contributed by atoms with Crippen molar-refractivity contribution in [2.24, 2.45) is 5.41 Å². The lowest BCUT2D eigenvalue weighted by Crippen LogP contribution is -2.28. The molecule has 0 aromatic carbocycles. The van der Waals surface area contributed by atoms with Crippen LogP contribution in [0.25, 0.3) is 0 Å². The molecular formula is C8H13ClO2. The molecule has 3 heteroatoms. The van der Waals surface area contributed by atoms with Crippen molar-refractivity contribution in [1.29, 1.82) is 0 Å². The maximum Gasteiger partial charge on any atom is 0.140 e. The highest BCUT2D eigenvalue weighted by molar-refractivity contribution is 6.01. The molecule has 0 radical (unpaired) electrons. The van der Waals surface area contributed by atoms with Crippen molar-refractivity contribution < 1.29 is 9.59 Å². The maximum absolute atomic E-state index is 10.9. The molecular weight excluding hydrogens is 164 g/mol. The average molecular weight is 177 g/mol. The van der Waals surface area contributed by atoms with Crippen LogP contribution < -0.4 is 0 Å². The third-order valence-electron chi connectivity index (χ3n) is 1.75. The van der Waals surface area contributed by atoms with Gasteiger partial charge in [0, 0.05) is 12.8 Å². The predicted octanol–water partition coefficient (Wildman–Crippen LogP) is 1.76. The lowest BCUT2D eigenvalue weighted by atomic mass is 9.76. The van der Waals surface area contributed by atoms with Crippen LogP contribution >= 0.6 is 12.4 Å². The summed E-state index contributed by atoms with van der Waals surface area (Å²) in [5.74, 6) is 0.197. The summed E-state index contributed by atoms with van der Waals surface area (Å²) in [6.45, 7) is 3.92. The highest BCUT2D eigenvalue weighted by Gasteiger charge is 2.31. The quantitative estimate of drug-likeness (QED) is 0.527. The molecule has 0 aromatic heterocycles. The summed E-state index contributed by atoms with van der Waals surface area (Å²) in [4.78, 5) is 21.7.